The monoisotopic (exact) mass is 385 g/mol. The molecule has 0 spiro atoms. The van der Waals surface area contributed by atoms with Crippen LogP contribution in [0.2, 0.25) is 0 Å². The fourth-order valence-electron chi connectivity index (χ4n) is 2.45. The Balaban J connectivity index is 1.62. The van der Waals surface area contributed by atoms with Gasteiger partial charge in [-0.25, -0.2) is 9.69 Å². The second-order valence-electron chi connectivity index (χ2n) is 5.46. The number of allylic oxidation sites excluding steroid dienone is 1. The zero-order chi connectivity index (χ0) is 16.9. The largest absolute Gasteiger partial charge is 0.422 e. The molecular formula is C19H16BrNO3. The van der Waals surface area contributed by atoms with E-state index in [4.69, 9.17) is 4.74 Å². The Hall–Kier alpha value is -2.40. The van der Waals surface area contributed by atoms with Gasteiger partial charge in [0.15, 0.2) is 5.76 Å². The van der Waals surface area contributed by atoms with E-state index in [1.54, 1.807) is 6.08 Å². The number of hydrogen-bond donors (Lipinski definition) is 0. The number of ether oxygens (including phenoxy) is 1. The third kappa shape index (κ3) is 3.92. The lowest BCUT2D eigenvalue weighted by Crippen LogP contribution is -2.30. The van der Waals surface area contributed by atoms with Gasteiger partial charge in [0.2, 0.25) is 0 Å². The molecule has 122 valence electrons. The summed E-state index contributed by atoms with van der Waals surface area (Å²) in [5.41, 5.74) is 2.11. The number of benzene rings is 2. The molecule has 3 rings (SSSR count). The van der Waals surface area contributed by atoms with Gasteiger partial charge < -0.3 is 4.74 Å². The van der Waals surface area contributed by atoms with Gasteiger partial charge in [-0.05, 0) is 42.2 Å². The van der Waals surface area contributed by atoms with Gasteiger partial charge in [-0.2, -0.15) is 0 Å². The second-order valence-corrected chi connectivity index (χ2v) is 6.37. The number of carbonyl (C=O) groups excluding carboxylic acids is 2. The minimum atomic E-state index is -0.599. The molecule has 0 unspecified atom stereocenters. The van der Waals surface area contributed by atoms with E-state index in [9.17, 15) is 9.59 Å². The molecule has 0 aromatic heterocycles. The summed E-state index contributed by atoms with van der Waals surface area (Å²) in [6.45, 7) is 0.317. The Labute approximate surface area is 148 Å². The third-order valence-electron chi connectivity index (χ3n) is 3.78. The number of halogens is 1. The predicted molar refractivity (Wildman–Crippen MR) is 94.3 cm³/mol. The van der Waals surface area contributed by atoms with E-state index in [1.165, 1.54) is 0 Å². The normalized spacial score (nSPS) is 15.9. The number of hydrogen-bond acceptors (Lipinski definition) is 3. The van der Waals surface area contributed by atoms with Crippen LogP contribution in [-0.2, 0) is 22.4 Å². The van der Waals surface area contributed by atoms with Gasteiger partial charge in [0, 0.05) is 11.0 Å². The molecule has 1 fully saturated rings. The van der Waals surface area contributed by atoms with Crippen LogP contribution in [0.5, 0.6) is 0 Å². The molecule has 0 saturated carbocycles. The van der Waals surface area contributed by atoms with Crippen molar-refractivity contribution in [2.24, 2.45) is 0 Å². The fraction of sp³-hybridized carbons (Fsp3) is 0.158. The molecule has 0 atom stereocenters. The highest BCUT2D eigenvalue weighted by atomic mass is 79.9. The third-order valence-corrected chi connectivity index (χ3v) is 4.31. The van der Waals surface area contributed by atoms with E-state index >= 15 is 0 Å². The molecule has 0 N–H and O–H groups in total. The van der Waals surface area contributed by atoms with Gasteiger partial charge >= 0.3 is 6.09 Å². The number of nitrogens with zero attached hydrogens (tertiary/aromatic N) is 1. The molecule has 1 heterocycles. The zero-order valence-corrected chi connectivity index (χ0v) is 14.5. The smallest absolute Gasteiger partial charge is 0.404 e. The van der Waals surface area contributed by atoms with Crippen LogP contribution < -0.4 is 0 Å². The lowest BCUT2D eigenvalue weighted by molar-refractivity contribution is -0.123. The molecule has 1 aliphatic rings. The highest BCUT2D eigenvalue weighted by Gasteiger charge is 2.35. The van der Waals surface area contributed by atoms with Crippen LogP contribution in [0.15, 0.2) is 70.9 Å². The Kier molecular flexibility index (Phi) is 5.11. The maximum Gasteiger partial charge on any atom is 0.422 e. The van der Waals surface area contributed by atoms with E-state index in [-0.39, 0.29) is 11.7 Å². The summed E-state index contributed by atoms with van der Waals surface area (Å²) in [4.78, 5) is 25.4. The molecule has 1 saturated heterocycles. The maximum absolute atomic E-state index is 12.3. The van der Waals surface area contributed by atoms with Crippen LogP contribution in [0, 0.1) is 0 Å². The lowest BCUT2D eigenvalue weighted by atomic mass is 10.1. The molecule has 0 bridgehead atoms. The van der Waals surface area contributed by atoms with Crippen LogP contribution in [0.4, 0.5) is 4.79 Å². The molecule has 1 aliphatic heterocycles. The van der Waals surface area contributed by atoms with Crippen molar-refractivity contribution in [3.8, 4) is 0 Å². The van der Waals surface area contributed by atoms with Gasteiger partial charge in [0.05, 0.1) is 0 Å². The van der Waals surface area contributed by atoms with Crippen molar-refractivity contribution in [2.75, 3.05) is 6.54 Å². The Morgan fingerprint density at radius 2 is 1.67 bits per heavy atom. The first kappa shape index (κ1) is 16.5. The SMILES string of the molecule is O=C1OC(=CCc2ccc(Br)cc2)C(=O)N1CCc1ccccc1. The van der Waals surface area contributed by atoms with E-state index in [2.05, 4.69) is 15.9 Å². The zero-order valence-electron chi connectivity index (χ0n) is 12.9. The standard InChI is InChI=1S/C19H16BrNO3/c20-16-9-6-15(7-10-16)8-11-17-18(22)21(19(23)24-17)13-12-14-4-2-1-3-5-14/h1-7,9-11H,8,12-13H2. The van der Waals surface area contributed by atoms with E-state index in [1.807, 2.05) is 54.6 Å². The quantitative estimate of drug-likeness (QED) is 0.727. The summed E-state index contributed by atoms with van der Waals surface area (Å²) in [5.74, 6) is -0.260. The Morgan fingerprint density at radius 1 is 0.958 bits per heavy atom. The van der Waals surface area contributed by atoms with Crippen LogP contribution in [-0.4, -0.2) is 23.4 Å². The van der Waals surface area contributed by atoms with Crippen molar-refractivity contribution in [2.45, 2.75) is 12.8 Å². The van der Waals surface area contributed by atoms with E-state index in [0.29, 0.717) is 19.4 Å². The van der Waals surface area contributed by atoms with Crippen molar-refractivity contribution < 1.29 is 14.3 Å². The predicted octanol–water partition coefficient (Wildman–Crippen LogP) is 4.10. The fourth-order valence-corrected chi connectivity index (χ4v) is 2.71. The molecule has 2 aromatic carbocycles. The Morgan fingerprint density at radius 3 is 2.38 bits per heavy atom. The topological polar surface area (TPSA) is 46.6 Å². The summed E-state index contributed by atoms with van der Waals surface area (Å²) >= 11 is 3.38. The molecule has 0 radical (unpaired) electrons. The first-order chi connectivity index (χ1) is 11.6. The first-order valence-corrected chi connectivity index (χ1v) is 8.45. The summed E-state index contributed by atoms with van der Waals surface area (Å²) in [6.07, 6.45) is 2.21. The number of imide groups is 1. The van der Waals surface area contributed by atoms with Gasteiger partial charge in [0.1, 0.15) is 0 Å². The number of rotatable bonds is 5. The number of carbonyl (C=O) groups is 2. The van der Waals surface area contributed by atoms with E-state index in [0.717, 1.165) is 20.5 Å². The van der Waals surface area contributed by atoms with Crippen LogP contribution >= 0.6 is 15.9 Å². The van der Waals surface area contributed by atoms with Gasteiger partial charge in [-0.15, -0.1) is 0 Å². The average molecular weight is 386 g/mol. The van der Waals surface area contributed by atoms with Crippen molar-refractivity contribution in [1.82, 2.24) is 4.90 Å². The molecule has 2 aromatic rings. The minimum absolute atomic E-state index is 0.107. The molecular weight excluding hydrogens is 370 g/mol. The maximum atomic E-state index is 12.3. The molecule has 0 aliphatic carbocycles. The Bertz CT molecular complexity index is 769. The summed E-state index contributed by atoms with van der Waals surface area (Å²) in [6, 6.07) is 17.5. The lowest BCUT2D eigenvalue weighted by Gasteiger charge is -2.09. The molecule has 2 amide bonds. The molecule has 24 heavy (non-hydrogen) atoms. The van der Waals surface area contributed by atoms with Crippen LogP contribution in [0.25, 0.3) is 0 Å². The van der Waals surface area contributed by atoms with Crippen molar-refractivity contribution in [1.29, 1.82) is 0 Å². The first-order valence-electron chi connectivity index (χ1n) is 7.66. The number of cyclic esters (lactones) is 1. The summed E-state index contributed by atoms with van der Waals surface area (Å²) in [7, 11) is 0. The van der Waals surface area contributed by atoms with Crippen molar-refractivity contribution in [3.05, 3.63) is 82.0 Å². The van der Waals surface area contributed by atoms with Crippen molar-refractivity contribution in [3.63, 3.8) is 0 Å². The average Bonchev–Trinajstić information content (AvgIpc) is 2.87. The highest BCUT2D eigenvalue weighted by molar-refractivity contribution is 9.10. The molecule has 5 heteroatoms. The van der Waals surface area contributed by atoms with Gasteiger partial charge in [0.25, 0.3) is 5.91 Å². The minimum Gasteiger partial charge on any atom is -0.404 e. The second kappa shape index (κ2) is 7.45. The van der Waals surface area contributed by atoms with Crippen LogP contribution in [0.3, 0.4) is 0 Å². The number of amides is 2. The van der Waals surface area contributed by atoms with Crippen LogP contribution in [0.1, 0.15) is 11.1 Å². The van der Waals surface area contributed by atoms with E-state index < -0.39 is 6.09 Å². The summed E-state index contributed by atoms with van der Waals surface area (Å²) < 4.78 is 6.10. The summed E-state index contributed by atoms with van der Waals surface area (Å²) in [5, 5.41) is 0. The highest BCUT2D eigenvalue weighted by Crippen LogP contribution is 2.19. The van der Waals surface area contributed by atoms with Crippen molar-refractivity contribution >= 4 is 27.9 Å². The van der Waals surface area contributed by atoms with Gasteiger partial charge in [-0.1, -0.05) is 58.4 Å². The van der Waals surface area contributed by atoms with Gasteiger partial charge in [-0.3, -0.25) is 4.79 Å². The molecule has 4 nitrogen and oxygen atoms in total.